The fourth-order valence-electron chi connectivity index (χ4n) is 3.46. The maximum Gasteiger partial charge on any atom is 0.318 e. The number of ether oxygens (including phenoxy) is 3. The van der Waals surface area contributed by atoms with Crippen LogP contribution in [-0.4, -0.2) is 49.8 Å². The molecule has 1 aromatic rings. The summed E-state index contributed by atoms with van der Waals surface area (Å²) in [6.45, 7) is 8.12. The summed E-state index contributed by atoms with van der Waals surface area (Å²) in [6.07, 6.45) is 8.51. The summed E-state index contributed by atoms with van der Waals surface area (Å²) >= 11 is 0. The fourth-order valence-corrected chi connectivity index (χ4v) is 3.85. The van der Waals surface area contributed by atoms with Crippen LogP contribution in [0, 0.1) is 0 Å². The van der Waals surface area contributed by atoms with E-state index in [0.717, 1.165) is 24.0 Å². The Hall–Kier alpha value is -2.57. The van der Waals surface area contributed by atoms with Gasteiger partial charge in [0.2, 0.25) is 5.90 Å². The SMILES string of the molecule is C\C=C/C(/C=C(\P)c1nc(OC)nc(N)c1C(=NC)OC(CCC)COC)=C(CC)/C(C)=C/F. The van der Waals surface area contributed by atoms with E-state index in [9.17, 15) is 4.39 Å². The van der Waals surface area contributed by atoms with Gasteiger partial charge in [-0.1, -0.05) is 32.4 Å². The van der Waals surface area contributed by atoms with E-state index in [-0.39, 0.29) is 17.9 Å². The number of hydrogen-bond donors (Lipinski definition) is 1. The molecule has 0 fully saturated rings. The molecular formula is C25H38FN4O3P. The highest BCUT2D eigenvalue weighted by atomic mass is 31.0. The maximum atomic E-state index is 13.4. The molecule has 0 amide bonds. The van der Waals surface area contributed by atoms with E-state index in [0.29, 0.717) is 47.4 Å². The van der Waals surface area contributed by atoms with Crippen molar-refractivity contribution in [2.24, 2.45) is 4.99 Å². The number of hydrogen-bond acceptors (Lipinski definition) is 7. The topological polar surface area (TPSA) is 91.9 Å². The van der Waals surface area contributed by atoms with Gasteiger partial charge < -0.3 is 19.9 Å². The zero-order chi connectivity index (χ0) is 25.7. The van der Waals surface area contributed by atoms with Crippen molar-refractivity contribution in [2.45, 2.75) is 53.1 Å². The Morgan fingerprint density at radius 2 is 1.97 bits per heavy atom. The lowest BCUT2D eigenvalue weighted by molar-refractivity contribution is 0.0680. The lowest BCUT2D eigenvalue weighted by Crippen LogP contribution is -2.25. The molecule has 2 unspecified atom stereocenters. The summed E-state index contributed by atoms with van der Waals surface area (Å²) in [6, 6.07) is 0.120. The van der Waals surface area contributed by atoms with Crippen LogP contribution in [0.5, 0.6) is 6.01 Å². The van der Waals surface area contributed by atoms with Crippen molar-refractivity contribution >= 4 is 26.3 Å². The normalized spacial score (nSPS) is 14.9. The summed E-state index contributed by atoms with van der Waals surface area (Å²) in [5, 5.41) is 0.691. The van der Waals surface area contributed by atoms with Crippen molar-refractivity contribution in [1.29, 1.82) is 0 Å². The van der Waals surface area contributed by atoms with Crippen LogP contribution in [-0.2, 0) is 9.47 Å². The Morgan fingerprint density at radius 1 is 1.26 bits per heavy atom. The molecule has 34 heavy (non-hydrogen) atoms. The smallest absolute Gasteiger partial charge is 0.318 e. The minimum Gasteiger partial charge on any atom is -0.472 e. The van der Waals surface area contributed by atoms with Crippen LogP contribution in [0.4, 0.5) is 10.2 Å². The highest BCUT2D eigenvalue weighted by Crippen LogP contribution is 2.32. The van der Waals surface area contributed by atoms with Gasteiger partial charge in [0.1, 0.15) is 17.5 Å². The number of anilines is 1. The highest BCUT2D eigenvalue weighted by Gasteiger charge is 2.23. The highest BCUT2D eigenvalue weighted by molar-refractivity contribution is 7.31. The molecule has 1 heterocycles. The minimum atomic E-state index is -0.206. The maximum absolute atomic E-state index is 13.4. The molecule has 0 saturated heterocycles. The standard InChI is InChI=1S/C25H38FN4O3P/c1-8-11-17(19(10-3)16(4)14-26)13-20(34)22-21(23(27)30-25(29-22)32-7)24(28-5)33-18(12-9-2)15-31-6/h8,11,13-14,18H,9-10,12,15,34H2,1-7H3,(H2,27,29,30)/b11-8-,16-14+,19-17-,20-13-,28-24?. The molecule has 188 valence electrons. The molecule has 7 nitrogen and oxygen atoms in total. The average Bonchev–Trinajstić information content (AvgIpc) is 2.82. The van der Waals surface area contributed by atoms with Gasteiger partial charge in [0.15, 0.2) is 0 Å². The van der Waals surface area contributed by atoms with E-state index >= 15 is 0 Å². The molecule has 0 radical (unpaired) electrons. The van der Waals surface area contributed by atoms with Crippen LogP contribution in [0.3, 0.4) is 0 Å². The minimum absolute atomic E-state index is 0.120. The second-order valence-corrected chi connectivity index (χ2v) is 8.13. The van der Waals surface area contributed by atoms with Gasteiger partial charge in [-0.2, -0.15) is 9.97 Å². The van der Waals surface area contributed by atoms with E-state index < -0.39 is 0 Å². The predicted molar refractivity (Wildman–Crippen MR) is 142 cm³/mol. The third-order valence-corrected chi connectivity index (χ3v) is 5.47. The summed E-state index contributed by atoms with van der Waals surface area (Å²) in [4.78, 5) is 13.1. The van der Waals surface area contributed by atoms with Crippen LogP contribution >= 0.6 is 9.24 Å². The van der Waals surface area contributed by atoms with Gasteiger partial charge in [0.25, 0.3) is 0 Å². The van der Waals surface area contributed by atoms with Crippen molar-refractivity contribution in [2.75, 3.05) is 33.6 Å². The Kier molecular flexibility index (Phi) is 13.3. The lowest BCUT2D eigenvalue weighted by Gasteiger charge is -2.21. The monoisotopic (exact) mass is 492 g/mol. The molecule has 0 aliphatic carbocycles. The van der Waals surface area contributed by atoms with Crippen molar-refractivity contribution < 1.29 is 18.6 Å². The average molecular weight is 493 g/mol. The van der Waals surface area contributed by atoms with Crippen molar-refractivity contribution in [1.82, 2.24) is 9.97 Å². The lowest BCUT2D eigenvalue weighted by atomic mass is 9.98. The van der Waals surface area contributed by atoms with E-state index in [2.05, 4.69) is 31.1 Å². The number of aliphatic imine (C=N–C) groups is 1. The quantitative estimate of drug-likeness (QED) is 0.176. The number of aromatic nitrogens is 2. The molecule has 2 N–H and O–H groups in total. The Labute approximate surface area is 205 Å². The first kappa shape index (κ1) is 29.5. The van der Waals surface area contributed by atoms with Crippen LogP contribution in [0.1, 0.15) is 58.2 Å². The Balaban J connectivity index is 3.78. The van der Waals surface area contributed by atoms with E-state index in [1.807, 2.05) is 32.1 Å². The third kappa shape index (κ3) is 8.03. The predicted octanol–water partition coefficient (Wildman–Crippen LogP) is 5.65. The third-order valence-electron chi connectivity index (χ3n) is 5.03. The van der Waals surface area contributed by atoms with E-state index in [4.69, 9.17) is 19.9 Å². The fraction of sp³-hybridized carbons (Fsp3) is 0.480. The molecule has 2 atom stereocenters. The van der Waals surface area contributed by atoms with Gasteiger partial charge in [0, 0.05) is 14.2 Å². The number of nitrogens with two attached hydrogens (primary N) is 1. The van der Waals surface area contributed by atoms with Gasteiger partial charge in [-0.05, 0) is 54.8 Å². The van der Waals surface area contributed by atoms with Crippen LogP contribution < -0.4 is 10.5 Å². The van der Waals surface area contributed by atoms with Crippen LogP contribution in [0.2, 0.25) is 0 Å². The zero-order valence-electron chi connectivity index (χ0n) is 21.3. The Bertz CT molecular complexity index is 965. The number of nitrogen functional groups attached to an aromatic ring is 1. The van der Waals surface area contributed by atoms with E-state index in [1.165, 1.54) is 7.11 Å². The number of allylic oxidation sites excluding steroid dienone is 6. The molecule has 0 aromatic carbocycles. The van der Waals surface area contributed by atoms with Crippen LogP contribution in [0.15, 0.2) is 46.3 Å². The van der Waals surface area contributed by atoms with E-state index in [1.54, 1.807) is 21.1 Å². The molecule has 0 spiro atoms. The van der Waals surface area contributed by atoms with Gasteiger partial charge in [0.05, 0.1) is 25.7 Å². The Morgan fingerprint density at radius 3 is 2.47 bits per heavy atom. The van der Waals surface area contributed by atoms with Gasteiger partial charge >= 0.3 is 6.01 Å². The first-order valence-corrected chi connectivity index (χ1v) is 11.8. The van der Waals surface area contributed by atoms with Crippen molar-refractivity contribution in [3.8, 4) is 6.01 Å². The first-order valence-electron chi connectivity index (χ1n) is 11.3. The summed E-state index contributed by atoms with van der Waals surface area (Å²) in [5.41, 5.74) is 9.57. The summed E-state index contributed by atoms with van der Waals surface area (Å²) < 4.78 is 30.1. The van der Waals surface area contributed by atoms with Gasteiger partial charge in [-0.15, -0.1) is 9.24 Å². The summed E-state index contributed by atoms with van der Waals surface area (Å²) in [5.74, 6) is 0.488. The second kappa shape index (κ2) is 15.4. The van der Waals surface area contributed by atoms with Gasteiger partial charge in [-0.25, -0.2) is 4.39 Å². The summed E-state index contributed by atoms with van der Waals surface area (Å²) in [7, 11) is 7.40. The number of rotatable bonds is 12. The molecule has 1 aromatic heterocycles. The molecule has 0 aliphatic rings. The second-order valence-electron chi connectivity index (χ2n) is 7.51. The molecule has 0 aliphatic heterocycles. The number of halogens is 1. The molecule has 1 rings (SSSR count). The number of nitrogens with zero attached hydrogens (tertiary/aromatic N) is 3. The largest absolute Gasteiger partial charge is 0.472 e. The van der Waals surface area contributed by atoms with Crippen molar-refractivity contribution in [3.63, 3.8) is 0 Å². The van der Waals surface area contributed by atoms with Gasteiger partial charge in [-0.3, -0.25) is 4.99 Å². The first-order chi connectivity index (χ1) is 16.3. The molecule has 0 bridgehead atoms. The zero-order valence-corrected chi connectivity index (χ0v) is 22.5. The molecule has 9 heteroatoms. The van der Waals surface area contributed by atoms with Crippen molar-refractivity contribution in [3.05, 3.63) is 52.5 Å². The molecular weight excluding hydrogens is 454 g/mol. The van der Waals surface area contributed by atoms with Crippen LogP contribution in [0.25, 0.3) is 5.31 Å². The molecule has 0 saturated carbocycles. The number of methoxy groups -OCH3 is 2.